The first kappa shape index (κ1) is 14.3. The molecule has 2 amide bonds. The Morgan fingerprint density at radius 2 is 1.53 bits per heavy atom. The Kier molecular flexibility index (Phi) is 3.85. The maximum atomic E-state index is 12.3. The molecule has 1 aliphatic heterocycles. The van der Waals surface area contributed by atoms with Gasteiger partial charge in [-0.1, -0.05) is 20.8 Å². The Labute approximate surface area is 115 Å². The van der Waals surface area contributed by atoms with Crippen molar-refractivity contribution in [3.63, 3.8) is 0 Å². The summed E-state index contributed by atoms with van der Waals surface area (Å²) in [7, 11) is 0. The molecule has 1 aliphatic carbocycles. The molecule has 0 spiro atoms. The zero-order valence-electron chi connectivity index (χ0n) is 12.2. The number of nitrogens with zero attached hydrogens (tertiary/aromatic N) is 2. The smallest absolute Gasteiger partial charge is 0.240 e. The van der Waals surface area contributed by atoms with Crippen molar-refractivity contribution in [1.82, 2.24) is 9.80 Å². The van der Waals surface area contributed by atoms with E-state index in [0.29, 0.717) is 26.2 Å². The van der Waals surface area contributed by atoms with E-state index in [-0.39, 0.29) is 23.1 Å². The van der Waals surface area contributed by atoms with Gasteiger partial charge in [0.15, 0.2) is 0 Å². The van der Waals surface area contributed by atoms with E-state index >= 15 is 0 Å². The first-order valence-corrected chi connectivity index (χ1v) is 7.14. The number of hydrogen-bond acceptors (Lipinski definition) is 3. The fourth-order valence-corrected chi connectivity index (χ4v) is 2.30. The molecular weight excluding hydrogens is 242 g/mol. The van der Waals surface area contributed by atoms with Crippen molar-refractivity contribution in [2.24, 2.45) is 17.1 Å². The van der Waals surface area contributed by atoms with Gasteiger partial charge in [-0.05, 0) is 18.3 Å². The number of hydrogen-bond donors (Lipinski definition) is 1. The fraction of sp³-hybridized carbons (Fsp3) is 0.857. The predicted molar refractivity (Wildman–Crippen MR) is 73.3 cm³/mol. The molecule has 1 atom stereocenters. The lowest BCUT2D eigenvalue weighted by Gasteiger charge is -2.38. The predicted octanol–water partition coefficient (Wildman–Crippen LogP) is 0.441. The van der Waals surface area contributed by atoms with Crippen molar-refractivity contribution >= 4 is 11.8 Å². The molecule has 2 aliphatic rings. The third-order valence-corrected chi connectivity index (χ3v) is 4.03. The number of amides is 2. The van der Waals surface area contributed by atoms with Crippen molar-refractivity contribution < 1.29 is 9.59 Å². The summed E-state index contributed by atoms with van der Waals surface area (Å²) in [5.41, 5.74) is 5.78. The second-order valence-corrected chi connectivity index (χ2v) is 6.77. The van der Waals surface area contributed by atoms with Crippen LogP contribution in [0.4, 0.5) is 0 Å². The van der Waals surface area contributed by atoms with Gasteiger partial charge in [-0.3, -0.25) is 9.59 Å². The Balaban J connectivity index is 1.85. The van der Waals surface area contributed by atoms with Crippen LogP contribution in [0.25, 0.3) is 0 Å². The molecule has 2 rings (SSSR count). The van der Waals surface area contributed by atoms with E-state index < -0.39 is 6.04 Å². The van der Waals surface area contributed by atoms with Crippen LogP contribution in [-0.2, 0) is 9.59 Å². The molecule has 0 aromatic rings. The summed E-state index contributed by atoms with van der Waals surface area (Å²) in [4.78, 5) is 27.9. The molecule has 0 radical (unpaired) electrons. The van der Waals surface area contributed by atoms with Gasteiger partial charge in [-0.2, -0.15) is 0 Å². The third-order valence-electron chi connectivity index (χ3n) is 4.03. The topological polar surface area (TPSA) is 66.6 Å². The number of rotatable bonds is 2. The van der Waals surface area contributed by atoms with E-state index in [1.807, 2.05) is 25.7 Å². The highest BCUT2D eigenvalue weighted by Crippen LogP contribution is 2.31. The molecule has 1 saturated heterocycles. The average molecular weight is 267 g/mol. The maximum absolute atomic E-state index is 12.3. The van der Waals surface area contributed by atoms with Gasteiger partial charge in [-0.25, -0.2) is 0 Å². The lowest BCUT2D eigenvalue weighted by Crippen LogP contribution is -2.57. The van der Waals surface area contributed by atoms with E-state index in [4.69, 9.17) is 5.73 Å². The molecule has 0 aromatic heterocycles. The number of carbonyl (C=O) groups is 2. The van der Waals surface area contributed by atoms with Gasteiger partial charge in [0.05, 0.1) is 6.04 Å². The van der Waals surface area contributed by atoms with Crippen molar-refractivity contribution in [3.05, 3.63) is 0 Å². The molecule has 5 nitrogen and oxygen atoms in total. The first-order chi connectivity index (χ1) is 8.80. The number of carbonyl (C=O) groups excluding carboxylic acids is 2. The van der Waals surface area contributed by atoms with Crippen LogP contribution in [0.15, 0.2) is 0 Å². The van der Waals surface area contributed by atoms with Gasteiger partial charge in [-0.15, -0.1) is 0 Å². The summed E-state index contributed by atoms with van der Waals surface area (Å²) < 4.78 is 0. The summed E-state index contributed by atoms with van der Waals surface area (Å²) in [6.45, 7) is 8.45. The molecule has 0 aromatic carbocycles. The molecule has 19 heavy (non-hydrogen) atoms. The highest BCUT2D eigenvalue weighted by atomic mass is 16.2. The van der Waals surface area contributed by atoms with Gasteiger partial charge >= 0.3 is 0 Å². The van der Waals surface area contributed by atoms with Gasteiger partial charge in [0.25, 0.3) is 0 Å². The standard InChI is InChI=1S/C14H25N3O2/c1-14(2,3)11(15)13(19)17-8-6-16(7-9-17)12(18)10-4-5-10/h10-11H,4-9,15H2,1-3H3. The molecule has 2 fully saturated rings. The van der Waals surface area contributed by atoms with Crippen LogP contribution >= 0.6 is 0 Å². The zero-order chi connectivity index (χ0) is 14.2. The van der Waals surface area contributed by atoms with Gasteiger partial charge in [0.2, 0.25) is 11.8 Å². The van der Waals surface area contributed by atoms with Crippen molar-refractivity contribution in [1.29, 1.82) is 0 Å². The van der Waals surface area contributed by atoms with E-state index in [0.717, 1.165) is 12.8 Å². The van der Waals surface area contributed by atoms with Gasteiger partial charge in [0.1, 0.15) is 0 Å². The SMILES string of the molecule is CC(C)(C)C(N)C(=O)N1CCN(C(=O)C2CC2)CC1. The van der Waals surface area contributed by atoms with E-state index in [2.05, 4.69) is 0 Å². The minimum Gasteiger partial charge on any atom is -0.339 e. The Hall–Kier alpha value is -1.10. The average Bonchev–Trinajstić information content (AvgIpc) is 3.19. The lowest BCUT2D eigenvalue weighted by atomic mass is 9.86. The van der Waals surface area contributed by atoms with Crippen LogP contribution in [0, 0.1) is 11.3 Å². The minimum atomic E-state index is -0.474. The van der Waals surface area contributed by atoms with Crippen LogP contribution in [-0.4, -0.2) is 53.8 Å². The van der Waals surface area contributed by atoms with E-state index in [9.17, 15) is 9.59 Å². The largest absolute Gasteiger partial charge is 0.339 e. The molecule has 0 bridgehead atoms. The van der Waals surface area contributed by atoms with Crippen LogP contribution in [0.1, 0.15) is 33.6 Å². The monoisotopic (exact) mass is 267 g/mol. The summed E-state index contributed by atoms with van der Waals surface area (Å²) in [6, 6.07) is -0.474. The summed E-state index contributed by atoms with van der Waals surface area (Å²) in [6.07, 6.45) is 2.07. The Bertz CT molecular complexity index is 363. The molecule has 1 heterocycles. The molecule has 108 valence electrons. The fourth-order valence-electron chi connectivity index (χ4n) is 2.30. The molecule has 2 N–H and O–H groups in total. The van der Waals surface area contributed by atoms with E-state index in [1.165, 1.54) is 0 Å². The van der Waals surface area contributed by atoms with Crippen LogP contribution in [0.5, 0.6) is 0 Å². The Morgan fingerprint density at radius 3 is 1.95 bits per heavy atom. The van der Waals surface area contributed by atoms with Gasteiger partial charge in [0, 0.05) is 32.1 Å². The van der Waals surface area contributed by atoms with Crippen molar-refractivity contribution in [3.8, 4) is 0 Å². The van der Waals surface area contributed by atoms with Gasteiger partial charge < -0.3 is 15.5 Å². The molecule has 1 saturated carbocycles. The first-order valence-electron chi connectivity index (χ1n) is 7.14. The maximum Gasteiger partial charge on any atom is 0.240 e. The van der Waals surface area contributed by atoms with Crippen LogP contribution in [0.2, 0.25) is 0 Å². The number of nitrogens with two attached hydrogens (primary N) is 1. The third kappa shape index (κ3) is 3.26. The summed E-state index contributed by atoms with van der Waals surface area (Å²) in [5, 5.41) is 0. The zero-order valence-corrected chi connectivity index (χ0v) is 12.2. The summed E-state index contributed by atoms with van der Waals surface area (Å²) >= 11 is 0. The second kappa shape index (κ2) is 5.12. The van der Waals surface area contributed by atoms with Crippen LogP contribution < -0.4 is 5.73 Å². The van der Waals surface area contributed by atoms with E-state index in [1.54, 1.807) is 4.90 Å². The second-order valence-electron chi connectivity index (χ2n) is 6.77. The molecular formula is C14H25N3O2. The van der Waals surface area contributed by atoms with Crippen molar-refractivity contribution in [2.45, 2.75) is 39.7 Å². The quantitative estimate of drug-likeness (QED) is 0.789. The molecule has 5 heteroatoms. The minimum absolute atomic E-state index is 0.00557. The highest BCUT2D eigenvalue weighted by Gasteiger charge is 2.37. The highest BCUT2D eigenvalue weighted by molar-refractivity contribution is 5.84. The number of piperazine rings is 1. The normalized spacial score (nSPS) is 22.3. The molecule has 1 unspecified atom stereocenters. The summed E-state index contributed by atoms with van der Waals surface area (Å²) in [5.74, 6) is 0.539. The van der Waals surface area contributed by atoms with Crippen LogP contribution in [0.3, 0.4) is 0 Å². The van der Waals surface area contributed by atoms with Crippen molar-refractivity contribution in [2.75, 3.05) is 26.2 Å². The Morgan fingerprint density at radius 1 is 1.05 bits per heavy atom. The lowest BCUT2D eigenvalue weighted by molar-refractivity contribution is -0.142.